The molecule has 0 aliphatic heterocycles. The van der Waals surface area contributed by atoms with E-state index in [-0.39, 0.29) is 27.4 Å². The Morgan fingerprint density at radius 2 is 1.84 bits per heavy atom. The molecule has 4 rings (SSSR count). The highest BCUT2D eigenvalue weighted by Gasteiger charge is 2.22. The zero-order valence-electron chi connectivity index (χ0n) is 16.1. The number of nitrogens with zero attached hydrogens (tertiary/aromatic N) is 2. The zero-order valence-corrected chi connectivity index (χ0v) is 17.7. The Morgan fingerprint density at radius 3 is 2.55 bits per heavy atom. The lowest BCUT2D eigenvalue weighted by Gasteiger charge is -2.09. The predicted molar refractivity (Wildman–Crippen MR) is 113 cm³/mol. The summed E-state index contributed by atoms with van der Waals surface area (Å²) < 4.78 is 54.8. The van der Waals surface area contributed by atoms with Crippen molar-refractivity contribution in [3.8, 4) is 0 Å². The SMILES string of the molecule is Cc1ccc(S(=O)(=O)n2ncc3ccc(CC(=O)c4c(F)cccc4Cl)cc32)cc1F. The Kier molecular flexibility index (Phi) is 5.36. The minimum Gasteiger partial charge on any atom is -0.294 e. The molecule has 1 heterocycles. The number of rotatable bonds is 5. The molecule has 0 saturated carbocycles. The molecule has 0 unspecified atom stereocenters. The van der Waals surface area contributed by atoms with Crippen molar-refractivity contribution in [3.63, 3.8) is 0 Å². The van der Waals surface area contributed by atoms with Crippen LogP contribution in [0.25, 0.3) is 10.9 Å². The fourth-order valence-electron chi connectivity index (χ4n) is 3.21. The summed E-state index contributed by atoms with van der Waals surface area (Å²) in [4.78, 5) is 12.3. The number of hydrogen-bond donors (Lipinski definition) is 0. The molecular formula is C22H15ClF2N2O3S. The Hall–Kier alpha value is -3.10. The van der Waals surface area contributed by atoms with Gasteiger partial charge in [0.1, 0.15) is 11.6 Å². The number of aryl methyl sites for hydroxylation is 1. The van der Waals surface area contributed by atoms with E-state index in [0.29, 0.717) is 16.5 Å². The van der Waals surface area contributed by atoms with Crippen molar-refractivity contribution >= 4 is 38.3 Å². The highest BCUT2D eigenvalue weighted by molar-refractivity contribution is 7.90. The van der Waals surface area contributed by atoms with Crippen molar-refractivity contribution in [1.82, 2.24) is 9.19 Å². The molecule has 4 aromatic rings. The Labute approximate surface area is 181 Å². The van der Waals surface area contributed by atoms with Crippen molar-refractivity contribution < 1.29 is 22.0 Å². The second-order valence-corrected chi connectivity index (χ2v) is 9.17. The summed E-state index contributed by atoms with van der Waals surface area (Å²) >= 11 is 5.96. The molecule has 3 aromatic carbocycles. The van der Waals surface area contributed by atoms with Crippen LogP contribution in [0.15, 0.2) is 65.7 Å². The maximum Gasteiger partial charge on any atom is 0.283 e. The van der Waals surface area contributed by atoms with Crippen LogP contribution in [0.3, 0.4) is 0 Å². The molecule has 158 valence electrons. The average molecular weight is 461 g/mol. The van der Waals surface area contributed by atoms with E-state index in [0.717, 1.165) is 16.2 Å². The smallest absolute Gasteiger partial charge is 0.283 e. The molecule has 0 saturated heterocycles. The third kappa shape index (κ3) is 3.84. The Morgan fingerprint density at radius 1 is 1.06 bits per heavy atom. The average Bonchev–Trinajstić information content (AvgIpc) is 3.14. The third-order valence-electron chi connectivity index (χ3n) is 4.88. The first-order chi connectivity index (χ1) is 14.7. The van der Waals surface area contributed by atoms with Gasteiger partial charge in [0.15, 0.2) is 5.78 Å². The summed E-state index contributed by atoms with van der Waals surface area (Å²) in [7, 11) is -4.17. The highest BCUT2D eigenvalue weighted by Crippen LogP contribution is 2.25. The molecule has 0 spiro atoms. The summed E-state index contributed by atoms with van der Waals surface area (Å²) in [5.41, 5.74) is 0.757. The normalized spacial score (nSPS) is 11.7. The van der Waals surface area contributed by atoms with E-state index in [1.54, 1.807) is 12.1 Å². The second-order valence-electron chi connectivity index (χ2n) is 6.99. The van der Waals surface area contributed by atoms with Gasteiger partial charge in [0.2, 0.25) is 0 Å². The van der Waals surface area contributed by atoms with E-state index in [1.165, 1.54) is 43.5 Å². The van der Waals surface area contributed by atoms with Crippen LogP contribution in [0.1, 0.15) is 21.5 Å². The number of hydrogen-bond acceptors (Lipinski definition) is 4. The van der Waals surface area contributed by atoms with Gasteiger partial charge in [0.05, 0.1) is 27.2 Å². The standard InChI is InChI=1S/C22H15ClF2N2O3S/c1-13-5-8-16(11-19(13)25)31(29,30)27-20-9-14(6-7-15(20)12-26-27)10-21(28)22-17(23)3-2-4-18(22)24/h2-9,11-12H,10H2,1H3. The molecule has 0 N–H and O–H groups in total. The first-order valence-electron chi connectivity index (χ1n) is 9.14. The van der Waals surface area contributed by atoms with Gasteiger partial charge in [-0.2, -0.15) is 17.6 Å². The zero-order chi connectivity index (χ0) is 22.3. The van der Waals surface area contributed by atoms with Gasteiger partial charge in [-0.05, 0) is 48.4 Å². The van der Waals surface area contributed by atoms with Crippen LogP contribution in [-0.4, -0.2) is 23.4 Å². The largest absolute Gasteiger partial charge is 0.294 e. The molecule has 9 heteroatoms. The lowest BCUT2D eigenvalue weighted by atomic mass is 10.0. The van der Waals surface area contributed by atoms with Crippen LogP contribution < -0.4 is 0 Å². The highest BCUT2D eigenvalue weighted by atomic mass is 35.5. The fraction of sp³-hybridized carbons (Fsp3) is 0.0909. The quantitative estimate of drug-likeness (QED) is 0.396. The number of Topliss-reactive ketones (excluding diaryl/α,β-unsaturated/α-hetero) is 1. The van der Waals surface area contributed by atoms with E-state index in [2.05, 4.69) is 5.10 Å². The number of halogens is 3. The first-order valence-corrected chi connectivity index (χ1v) is 11.0. The third-order valence-corrected chi connectivity index (χ3v) is 6.79. The molecule has 0 aliphatic carbocycles. The first kappa shape index (κ1) is 21.1. The van der Waals surface area contributed by atoms with Crippen molar-refractivity contribution in [2.75, 3.05) is 0 Å². The molecule has 31 heavy (non-hydrogen) atoms. The maximum absolute atomic E-state index is 14.0. The van der Waals surface area contributed by atoms with Crippen LogP contribution in [0.4, 0.5) is 8.78 Å². The molecular weight excluding hydrogens is 446 g/mol. The lowest BCUT2D eigenvalue weighted by Crippen LogP contribution is -2.15. The van der Waals surface area contributed by atoms with Gasteiger partial charge >= 0.3 is 0 Å². The minimum atomic E-state index is -4.17. The number of aromatic nitrogens is 2. The minimum absolute atomic E-state index is 0.0000883. The van der Waals surface area contributed by atoms with E-state index >= 15 is 0 Å². The molecule has 0 radical (unpaired) electrons. The van der Waals surface area contributed by atoms with Crippen LogP contribution in [-0.2, 0) is 16.4 Å². The van der Waals surface area contributed by atoms with Crippen LogP contribution in [0.2, 0.25) is 5.02 Å². The van der Waals surface area contributed by atoms with Crippen LogP contribution >= 0.6 is 11.6 Å². The molecule has 0 fully saturated rings. The molecule has 0 amide bonds. The predicted octanol–water partition coefficient (Wildman–Crippen LogP) is 4.94. The molecule has 5 nitrogen and oxygen atoms in total. The Bertz CT molecular complexity index is 1430. The van der Waals surface area contributed by atoms with Crippen molar-refractivity contribution in [2.45, 2.75) is 18.2 Å². The molecule has 0 bridgehead atoms. The summed E-state index contributed by atoms with van der Waals surface area (Å²) in [5.74, 6) is -1.92. The van der Waals surface area contributed by atoms with Gasteiger partial charge in [-0.25, -0.2) is 8.78 Å². The maximum atomic E-state index is 14.0. The monoisotopic (exact) mass is 460 g/mol. The topological polar surface area (TPSA) is 69.0 Å². The summed E-state index contributed by atoms with van der Waals surface area (Å²) in [6.45, 7) is 1.53. The van der Waals surface area contributed by atoms with E-state index in [9.17, 15) is 22.0 Å². The summed E-state index contributed by atoms with van der Waals surface area (Å²) in [6.07, 6.45) is 1.16. The van der Waals surface area contributed by atoms with Gasteiger partial charge in [-0.1, -0.05) is 35.9 Å². The number of ketones is 1. The van der Waals surface area contributed by atoms with Crippen molar-refractivity contribution in [1.29, 1.82) is 0 Å². The van der Waals surface area contributed by atoms with Crippen molar-refractivity contribution in [3.05, 3.63) is 94.1 Å². The Balaban J connectivity index is 1.74. The number of carbonyl (C=O) groups is 1. The lowest BCUT2D eigenvalue weighted by molar-refractivity contribution is 0.0989. The van der Waals surface area contributed by atoms with Gasteiger partial charge in [0.25, 0.3) is 10.0 Å². The summed E-state index contributed by atoms with van der Waals surface area (Å²) in [5, 5.41) is 4.45. The van der Waals surface area contributed by atoms with Crippen LogP contribution in [0, 0.1) is 18.6 Å². The fourth-order valence-corrected chi connectivity index (χ4v) is 4.76. The van der Waals surface area contributed by atoms with E-state index in [4.69, 9.17) is 11.6 Å². The molecule has 0 atom stereocenters. The van der Waals surface area contributed by atoms with E-state index in [1.807, 2.05) is 0 Å². The van der Waals surface area contributed by atoms with Gasteiger partial charge < -0.3 is 0 Å². The van der Waals surface area contributed by atoms with Gasteiger partial charge in [0, 0.05) is 11.8 Å². The van der Waals surface area contributed by atoms with Crippen LogP contribution in [0.5, 0.6) is 0 Å². The second kappa shape index (κ2) is 7.86. The number of carbonyl (C=O) groups excluding carboxylic acids is 1. The van der Waals surface area contributed by atoms with Gasteiger partial charge in [-0.15, -0.1) is 0 Å². The summed E-state index contributed by atoms with van der Waals surface area (Å²) in [6, 6.07) is 12.3. The number of fused-ring (bicyclic) bond motifs is 1. The number of benzene rings is 3. The molecule has 1 aromatic heterocycles. The van der Waals surface area contributed by atoms with Crippen molar-refractivity contribution in [2.24, 2.45) is 0 Å². The van der Waals surface area contributed by atoms with E-state index < -0.39 is 27.4 Å². The molecule has 0 aliphatic rings. The van der Waals surface area contributed by atoms with Gasteiger partial charge in [-0.3, -0.25) is 4.79 Å².